The summed E-state index contributed by atoms with van der Waals surface area (Å²) < 4.78 is 5.15. The lowest BCUT2D eigenvalue weighted by Crippen LogP contribution is -2.10. The van der Waals surface area contributed by atoms with Gasteiger partial charge in [-0.3, -0.25) is 4.99 Å². The third-order valence-electron chi connectivity index (χ3n) is 4.04. The van der Waals surface area contributed by atoms with E-state index in [4.69, 9.17) is 9.73 Å². The standard InChI is InChI=1S/C18H19NO2/c1-21-16-8-6-13(7-9-16)11-19-18-15(12-20)10-14-4-2-3-5-17(14)18/h2-9,11,15,18,20H,10,12H2,1H3/t15-,18+/m1/s1. The van der Waals surface area contributed by atoms with E-state index >= 15 is 0 Å². The summed E-state index contributed by atoms with van der Waals surface area (Å²) in [6.45, 7) is 0.166. The van der Waals surface area contributed by atoms with Crippen LogP contribution in [0.1, 0.15) is 22.7 Å². The van der Waals surface area contributed by atoms with Crippen molar-refractivity contribution in [2.45, 2.75) is 12.5 Å². The first-order valence-corrected chi connectivity index (χ1v) is 7.17. The van der Waals surface area contributed by atoms with E-state index in [1.807, 2.05) is 42.6 Å². The lowest BCUT2D eigenvalue weighted by molar-refractivity contribution is 0.214. The first-order valence-electron chi connectivity index (χ1n) is 7.17. The number of methoxy groups -OCH3 is 1. The van der Waals surface area contributed by atoms with Crippen molar-refractivity contribution in [2.24, 2.45) is 10.9 Å². The van der Waals surface area contributed by atoms with Crippen molar-refractivity contribution in [3.05, 3.63) is 65.2 Å². The van der Waals surface area contributed by atoms with Gasteiger partial charge in [0.1, 0.15) is 5.75 Å². The van der Waals surface area contributed by atoms with Crippen molar-refractivity contribution in [1.29, 1.82) is 0 Å². The topological polar surface area (TPSA) is 41.8 Å². The van der Waals surface area contributed by atoms with Crippen LogP contribution in [-0.4, -0.2) is 25.0 Å². The van der Waals surface area contributed by atoms with E-state index in [0.29, 0.717) is 0 Å². The number of hydrogen-bond acceptors (Lipinski definition) is 3. The van der Waals surface area contributed by atoms with Gasteiger partial charge in [-0.1, -0.05) is 24.3 Å². The van der Waals surface area contributed by atoms with Crippen LogP contribution in [0.25, 0.3) is 0 Å². The summed E-state index contributed by atoms with van der Waals surface area (Å²) in [6.07, 6.45) is 2.78. The molecule has 0 heterocycles. The molecule has 0 bridgehead atoms. The van der Waals surface area contributed by atoms with Crippen LogP contribution in [0.2, 0.25) is 0 Å². The van der Waals surface area contributed by atoms with Gasteiger partial charge in [-0.15, -0.1) is 0 Å². The highest BCUT2D eigenvalue weighted by Gasteiger charge is 2.30. The highest BCUT2D eigenvalue weighted by atomic mass is 16.5. The largest absolute Gasteiger partial charge is 0.497 e. The Labute approximate surface area is 124 Å². The molecule has 1 N–H and O–H groups in total. The summed E-state index contributed by atoms with van der Waals surface area (Å²) in [4.78, 5) is 4.72. The minimum absolute atomic E-state index is 0.0494. The molecule has 0 radical (unpaired) electrons. The molecule has 2 atom stereocenters. The molecule has 0 unspecified atom stereocenters. The summed E-state index contributed by atoms with van der Waals surface area (Å²) in [7, 11) is 1.66. The van der Waals surface area contributed by atoms with Crippen molar-refractivity contribution in [3.63, 3.8) is 0 Å². The van der Waals surface area contributed by atoms with Gasteiger partial charge in [-0.2, -0.15) is 0 Å². The van der Waals surface area contributed by atoms with E-state index in [1.165, 1.54) is 11.1 Å². The molecule has 0 saturated heterocycles. The quantitative estimate of drug-likeness (QED) is 0.875. The van der Waals surface area contributed by atoms with Gasteiger partial charge in [-0.05, 0) is 47.4 Å². The van der Waals surface area contributed by atoms with Crippen LogP contribution < -0.4 is 4.74 Å². The van der Waals surface area contributed by atoms with Gasteiger partial charge in [0.2, 0.25) is 0 Å². The molecule has 2 aromatic carbocycles. The Morgan fingerprint density at radius 2 is 1.95 bits per heavy atom. The highest BCUT2D eigenvalue weighted by molar-refractivity contribution is 5.80. The Morgan fingerprint density at radius 3 is 2.67 bits per heavy atom. The van der Waals surface area contributed by atoms with Gasteiger partial charge >= 0.3 is 0 Å². The normalized spacial score (nSPS) is 20.7. The number of aliphatic hydroxyl groups excluding tert-OH is 1. The number of aliphatic hydroxyl groups is 1. The van der Waals surface area contributed by atoms with Gasteiger partial charge in [0.05, 0.1) is 13.2 Å². The zero-order valence-corrected chi connectivity index (χ0v) is 12.1. The average Bonchev–Trinajstić information content (AvgIpc) is 2.91. The fraction of sp³-hybridized carbons (Fsp3) is 0.278. The second-order valence-corrected chi connectivity index (χ2v) is 5.34. The van der Waals surface area contributed by atoms with Crippen molar-refractivity contribution >= 4 is 6.21 Å². The molecule has 1 aliphatic rings. The Morgan fingerprint density at radius 1 is 1.19 bits per heavy atom. The maximum absolute atomic E-state index is 9.58. The Kier molecular flexibility index (Phi) is 4.02. The molecule has 21 heavy (non-hydrogen) atoms. The van der Waals surface area contributed by atoms with Crippen LogP contribution in [0, 0.1) is 5.92 Å². The van der Waals surface area contributed by atoms with E-state index < -0.39 is 0 Å². The molecule has 3 rings (SSSR count). The zero-order chi connectivity index (χ0) is 14.7. The number of nitrogens with zero attached hydrogens (tertiary/aromatic N) is 1. The summed E-state index contributed by atoms with van der Waals surface area (Å²) in [5, 5.41) is 9.58. The highest BCUT2D eigenvalue weighted by Crippen LogP contribution is 2.38. The van der Waals surface area contributed by atoms with E-state index in [-0.39, 0.29) is 18.6 Å². The van der Waals surface area contributed by atoms with E-state index in [2.05, 4.69) is 12.1 Å². The minimum atomic E-state index is 0.0494. The number of hydrogen-bond donors (Lipinski definition) is 1. The molecule has 108 valence electrons. The summed E-state index contributed by atoms with van der Waals surface area (Å²) >= 11 is 0. The van der Waals surface area contributed by atoms with E-state index in [9.17, 15) is 5.11 Å². The first-order chi connectivity index (χ1) is 10.3. The minimum Gasteiger partial charge on any atom is -0.497 e. The Hall–Kier alpha value is -2.13. The SMILES string of the molecule is COc1ccc(C=N[C@@H]2c3ccccc3C[C@@H]2CO)cc1. The lowest BCUT2D eigenvalue weighted by atomic mass is 10.0. The Balaban J connectivity index is 1.83. The number of fused-ring (bicyclic) bond motifs is 1. The van der Waals surface area contributed by atoms with Gasteiger partial charge in [-0.25, -0.2) is 0 Å². The smallest absolute Gasteiger partial charge is 0.118 e. The van der Waals surface area contributed by atoms with Crippen molar-refractivity contribution in [3.8, 4) is 5.75 Å². The lowest BCUT2D eigenvalue weighted by Gasteiger charge is -2.13. The molecule has 0 amide bonds. The van der Waals surface area contributed by atoms with Crippen molar-refractivity contribution < 1.29 is 9.84 Å². The fourth-order valence-corrected chi connectivity index (χ4v) is 2.88. The van der Waals surface area contributed by atoms with Gasteiger partial charge in [0.25, 0.3) is 0 Å². The maximum atomic E-state index is 9.58. The molecule has 2 aromatic rings. The predicted octanol–water partition coefficient (Wildman–Crippen LogP) is 3.02. The van der Waals surface area contributed by atoms with E-state index in [0.717, 1.165) is 17.7 Å². The predicted molar refractivity (Wildman–Crippen MR) is 84.1 cm³/mol. The summed E-state index contributed by atoms with van der Waals surface area (Å²) in [6, 6.07) is 16.2. The molecular formula is C18H19NO2. The molecule has 0 saturated carbocycles. The molecule has 0 fully saturated rings. The molecule has 0 aromatic heterocycles. The molecule has 0 spiro atoms. The molecule has 3 nitrogen and oxygen atoms in total. The average molecular weight is 281 g/mol. The zero-order valence-electron chi connectivity index (χ0n) is 12.1. The third kappa shape index (κ3) is 2.83. The second kappa shape index (κ2) is 6.10. The number of ether oxygens (including phenoxy) is 1. The van der Waals surface area contributed by atoms with Crippen molar-refractivity contribution in [2.75, 3.05) is 13.7 Å². The van der Waals surface area contributed by atoms with Crippen LogP contribution in [0.3, 0.4) is 0 Å². The van der Waals surface area contributed by atoms with Crippen LogP contribution in [0.5, 0.6) is 5.75 Å². The third-order valence-corrected chi connectivity index (χ3v) is 4.04. The molecule has 1 aliphatic carbocycles. The summed E-state index contributed by atoms with van der Waals surface area (Å²) in [5.74, 6) is 1.02. The van der Waals surface area contributed by atoms with Crippen LogP contribution in [0.4, 0.5) is 0 Å². The number of rotatable bonds is 4. The first kappa shape index (κ1) is 13.8. The van der Waals surface area contributed by atoms with E-state index in [1.54, 1.807) is 7.11 Å². The summed E-state index contributed by atoms with van der Waals surface area (Å²) in [5.41, 5.74) is 3.58. The second-order valence-electron chi connectivity index (χ2n) is 5.34. The molecular weight excluding hydrogens is 262 g/mol. The molecule has 0 aliphatic heterocycles. The van der Waals surface area contributed by atoms with Crippen LogP contribution >= 0.6 is 0 Å². The fourth-order valence-electron chi connectivity index (χ4n) is 2.88. The van der Waals surface area contributed by atoms with Crippen LogP contribution in [0.15, 0.2) is 53.5 Å². The van der Waals surface area contributed by atoms with Crippen LogP contribution in [-0.2, 0) is 6.42 Å². The van der Waals surface area contributed by atoms with Gasteiger partial charge in [0, 0.05) is 18.7 Å². The monoisotopic (exact) mass is 281 g/mol. The number of benzene rings is 2. The number of aliphatic imine (C=N–C) groups is 1. The Bertz CT molecular complexity index is 634. The maximum Gasteiger partial charge on any atom is 0.118 e. The van der Waals surface area contributed by atoms with Gasteiger partial charge < -0.3 is 9.84 Å². The van der Waals surface area contributed by atoms with Gasteiger partial charge in [0.15, 0.2) is 0 Å². The van der Waals surface area contributed by atoms with Crippen molar-refractivity contribution in [1.82, 2.24) is 0 Å². The molecule has 3 heteroatoms.